The number of hydrogen-bond donors (Lipinski definition) is 2. The molecular weight excluding hydrogens is 416 g/mol. The number of amides is 1. The van der Waals surface area contributed by atoms with Gasteiger partial charge in [-0.3, -0.25) is 4.79 Å². The highest BCUT2D eigenvalue weighted by molar-refractivity contribution is 6.32. The van der Waals surface area contributed by atoms with Crippen molar-refractivity contribution in [2.45, 2.75) is 32.1 Å². The lowest BCUT2D eigenvalue weighted by molar-refractivity contribution is 0.0955. The first kappa shape index (κ1) is 22.5. The van der Waals surface area contributed by atoms with Crippen LogP contribution in [-0.2, 0) is 0 Å². The molecule has 1 amide bonds. The third kappa shape index (κ3) is 5.93. The minimum atomic E-state index is -0.452. The van der Waals surface area contributed by atoms with Gasteiger partial charge in [0.1, 0.15) is 22.8 Å². The van der Waals surface area contributed by atoms with Crippen LogP contribution in [-0.4, -0.2) is 31.4 Å². The molecule has 0 heterocycles. The third-order valence-corrected chi connectivity index (χ3v) is 5.43. The summed E-state index contributed by atoms with van der Waals surface area (Å²) in [5.41, 5.74) is 4.10. The van der Waals surface area contributed by atoms with E-state index in [1.54, 1.807) is 26.4 Å². The number of benzene rings is 2. The van der Waals surface area contributed by atoms with E-state index in [-0.39, 0.29) is 16.3 Å². The zero-order chi connectivity index (χ0) is 22.2. The molecule has 0 aromatic heterocycles. The number of carbonyl (C=O) groups is 1. The molecule has 2 aromatic carbocycles. The summed E-state index contributed by atoms with van der Waals surface area (Å²) in [5, 5.41) is 13.5. The summed E-state index contributed by atoms with van der Waals surface area (Å²) in [4.78, 5) is 12.2. The first-order valence-corrected chi connectivity index (χ1v) is 10.5. The van der Waals surface area contributed by atoms with Gasteiger partial charge in [-0.25, -0.2) is 5.43 Å². The first-order chi connectivity index (χ1) is 15.0. The number of ether oxygens (including phenoxy) is 2. The van der Waals surface area contributed by atoms with Crippen LogP contribution >= 0.6 is 11.6 Å². The number of phenolic OH excluding ortho intramolecular Hbond substituents is 1. The number of hydrogen-bond acceptors (Lipinski definition) is 5. The van der Waals surface area contributed by atoms with E-state index < -0.39 is 5.91 Å². The maximum atomic E-state index is 12.2. The average Bonchev–Trinajstić information content (AvgIpc) is 2.79. The standard InChI is InChI=1S/C24H25ClN2O4/c1-30-22-12-17(15-26-27-24(29)18-9-11-21(28)20(25)14-18)13-23(31-2)19(22)10-8-16-6-4-3-5-7-16/h9,11-16,28H,3-7H2,1-2H3,(H,27,29)/b26-15+. The fourth-order valence-corrected chi connectivity index (χ4v) is 3.61. The van der Waals surface area contributed by atoms with Gasteiger partial charge in [-0.05, 0) is 43.2 Å². The number of hydrazone groups is 1. The number of methoxy groups -OCH3 is 2. The van der Waals surface area contributed by atoms with E-state index in [2.05, 4.69) is 22.4 Å². The molecule has 1 saturated carbocycles. The molecule has 7 heteroatoms. The number of carbonyl (C=O) groups excluding carboxylic acids is 1. The second kappa shape index (κ2) is 10.7. The van der Waals surface area contributed by atoms with Gasteiger partial charge in [0.2, 0.25) is 0 Å². The van der Waals surface area contributed by atoms with Crippen LogP contribution in [0.25, 0.3) is 0 Å². The van der Waals surface area contributed by atoms with Crippen LogP contribution in [0.5, 0.6) is 17.2 Å². The molecule has 0 radical (unpaired) electrons. The maximum absolute atomic E-state index is 12.2. The van der Waals surface area contributed by atoms with Crippen molar-refractivity contribution in [2.24, 2.45) is 11.0 Å². The second-order valence-electron chi connectivity index (χ2n) is 7.27. The van der Waals surface area contributed by atoms with Gasteiger partial charge in [0.05, 0.1) is 25.5 Å². The van der Waals surface area contributed by atoms with E-state index in [4.69, 9.17) is 21.1 Å². The number of phenols is 1. The van der Waals surface area contributed by atoms with Gasteiger partial charge in [-0.15, -0.1) is 0 Å². The lowest BCUT2D eigenvalue weighted by atomic mass is 9.89. The number of nitrogens with one attached hydrogen (secondary N) is 1. The van der Waals surface area contributed by atoms with Crippen molar-refractivity contribution in [2.75, 3.05) is 14.2 Å². The summed E-state index contributed by atoms with van der Waals surface area (Å²) >= 11 is 5.84. The van der Waals surface area contributed by atoms with E-state index in [9.17, 15) is 9.90 Å². The molecule has 0 unspecified atom stereocenters. The molecule has 0 saturated heterocycles. The molecule has 3 rings (SSSR count). The Morgan fingerprint density at radius 3 is 2.45 bits per heavy atom. The molecule has 1 aliphatic rings. The SMILES string of the molecule is COc1cc(/C=N/NC(=O)c2ccc(O)c(Cl)c2)cc(OC)c1C#CC1CCCCC1. The summed E-state index contributed by atoms with van der Waals surface area (Å²) in [6.07, 6.45) is 7.50. The van der Waals surface area contributed by atoms with Crippen LogP contribution < -0.4 is 14.9 Å². The van der Waals surface area contributed by atoms with Gasteiger partial charge >= 0.3 is 0 Å². The van der Waals surface area contributed by atoms with Crippen LogP contribution in [0.15, 0.2) is 35.4 Å². The Bertz CT molecular complexity index is 1010. The van der Waals surface area contributed by atoms with Crippen molar-refractivity contribution < 1.29 is 19.4 Å². The Morgan fingerprint density at radius 1 is 1.16 bits per heavy atom. The predicted octanol–water partition coefficient (Wildman–Crippen LogP) is 4.76. The molecule has 0 aliphatic heterocycles. The molecule has 1 fully saturated rings. The zero-order valence-electron chi connectivity index (χ0n) is 17.6. The lowest BCUT2D eigenvalue weighted by Crippen LogP contribution is -2.17. The van der Waals surface area contributed by atoms with Crippen molar-refractivity contribution >= 4 is 23.7 Å². The normalized spacial score (nSPS) is 14.0. The number of aromatic hydroxyl groups is 1. The Labute approximate surface area is 187 Å². The molecule has 0 atom stereocenters. The van der Waals surface area contributed by atoms with E-state index in [1.807, 2.05) is 0 Å². The number of halogens is 1. The zero-order valence-corrected chi connectivity index (χ0v) is 18.3. The van der Waals surface area contributed by atoms with Gasteiger partial charge in [-0.2, -0.15) is 5.10 Å². The van der Waals surface area contributed by atoms with Crippen LogP contribution in [0.2, 0.25) is 5.02 Å². The molecule has 162 valence electrons. The van der Waals surface area contributed by atoms with Crippen molar-refractivity contribution in [3.05, 3.63) is 52.0 Å². The van der Waals surface area contributed by atoms with Crippen molar-refractivity contribution in [1.82, 2.24) is 5.43 Å². The van der Waals surface area contributed by atoms with Gasteiger partial charge in [0.25, 0.3) is 5.91 Å². The Hall–Kier alpha value is -3.17. The summed E-state index contributed by atoms with van der Waals surface area (Å²) in [5.74, 6) is 7.64. The van der Waals surface area contributed by atoms with E-state index >= 15 is 0 Å². The smallest absolute Gasteiger partial charge is 0.271 e. The second-order valence-corrected chi connectivity index (χ2v) is 7.68. The lowest BCUT2D eigenvalue weighted by Gasteiger charge is -2.16. The topological polar surface area (TPSA) is 80.2 Å². The van der Waals surface area contributed by atoms with Crippen LogP contribution in [0.3, 0.4) is 0 Å². The minimum absolute atomic E-state index is 0.0902. The van der Waals surface area contributed by atoms with E-state index in [1.165, 1.54) is 43.7 Å². The molecule has 31 heavy (non-hydrogen) atoms. The van der Waals surface area contributed by atoms with Crippen LogP contribution in [0.4, 0.5) is 0 Å². The third-order valence-electron chi connectivity index (χ3n) is 5.12. The summed E-state index contributed by atoms with van der Waals surface area (Å²) < 4.78 is 11.0. The molecule has 0 bridgehead atoms. The van der Waals surface area contributed by atoms with Gasteiger partial charge in [0, 0.05) is 17.0 Å². The molecule has 2 aromatic rings. The maximum Gasteiger partial charge on any atom is 0.271 e. The molecular formula is C24H25ClN2O4. The highest BCUT2D eigenvalue weighted by Crippen LogP contribution is 2.30. The Balaban J connectivity index is 1.76. The summed E-state index contributed by atoms with van der Waals surface area (Å²) in [6.45, 7) is 0. The number of rotatable bonds is 5. The number of nitrogens with zero attached hydrogens (tertiary/aromatic N) is 1. The Morgan fingerprint density at radius 2 is 1.84 bits per heavy atom. The van der Waals surface area contributed by atoms with Crippen molar-refractivity contribution in [1.29, 1.82) is 0 Å². The van der Waals surface area contributed by atoms with E-state index in [0.717, 1.165) is 12.8 Å². The molecule has 1 aliphatic carbocycles. The van der Waals surface area contributed by atoms with Crippen molar-refractivity contribution in [3.63, 3.8) is 0 Å². The highest BCUT2D eigenvalue weighted by Gasteiger charge is 2.13. The van der Waals surface area contributed by atoms with Crippen molar-refractivity contribution in [3.8, 4) is 29.1 Å². The average molecular weight is 441 g/mol. The Kier molecular flexibility index (Phi) is 7.80. The highest BCUT2D eigenvalue weighted by atomic mass is 35.5. The van der Waals surface area contributed by atoms with Crippen LogP contribution in [0, 0.1) is 17.8 Å². The van der Waals surface area contributed by atoms with Gasteiger partial charge in [-0.1, -0.05) is 42.7 Å². The summed E-state index contributed by atoms with van der Waals surface area (Å²) in [7, 11) is 3.16. The predicted molar refractivity (Wildman–Crippen MR) is 121 cm³/mol. The molecule has 2 N–H and O–H groups in total. The minimum Gasteiger partial charge on any atom is -0.506 e. The van der Waals surface area contributed by atoms with E-state index in [0.29, 0.717) is 28.5 Å². The molecule has 6 nitrogen and oxygen atoms in total. The fraction of sp³-hybridized carbons (Fsp3) is 0.333. The fourth-order valence-electron chi connectivity index (χ4n) is 3.43. The van der Waals surface area contributed by atoms with Gasteiger partial charge < -0.3 is 14.6 Å². The monoisotopic (exact) mass is 440 g/mol. The molecule has 0 spiro atoms. The quantitative estimate of drug-likeness (QED) is 0.399. The first-order valence-electron chi connectivity index (χ1n) is 10.1. The van der Waals surface area contributed by atoms with Gasteiger partial charge in [0.15, 0.2) is 0 Å². The largest absolute Gasteiger partial charge is 0.506 e. The van der Waals surface area contributed by atoms with Crippen LogP contribution in [0.1, 0.15) is 53.6 Å². The summed E-state index contributed by atoms with van der Waals surface area (Å²) in [6, 6.07) is 7.76.